The maximum Gasteiger partial charge on any atom is 0.127 e. The summed E-state index contributed by atoms with van der Waals surface area (Å²) < 4.78 is 14.1. The zero-order valence-corrected chi connectivity index (χ0v) is 9.78. The SMILES string of the molecule is OC(Cc1ccc(Br)cc1F)c1cn[nH]n1. The lowest BCUT2D eigenvalue weighted by Gasteiger charge is -2.08. The quantitative estimate of drug-likeness (QED) is 0.907. The number of rotatable bonds is 3. The first-order valence-electron chi connectivity index (χ1n) is 4.64. The normalized spacial score (nSPS) is 12.7. The predicted octanol–water partition coefficient (Wildman–Crippen LogP) is 1.98. The van der Waals surface area contributed by atoms with Crippen molar-refractivity contribution in [3.8, 4) is 0 Å². The van der Waals surface area contributed by atoms with Gasteiger partial charge in [-0.3, -0.25) is 0 Å². The fourth-order valence-corrected chi connectivity index (χ4v) is 1.70. The minimum atomic E-state index is -0.852. The van der Waals surface area contributed by atoms with Gasteiger partial charge in [0.1, 0.15) is 17.6 Å². The van der Waals surface area contributed by atoms with Crippen molar-refractivity contribution in [2.45, 2.75) is 12.5 Å². The molecule has 1 aromatic carbocycles. The average Bonchev–Trinajstić information content (AvgIpc) is 2.75. The second kappa shape index (κ2) is 4.71. The van der Waals surface area contributed by atoms with Gasteiger partial charge in [-0.15, -0.1) is 0 Å². The number of hydrogen-bond acceptors (Lipinski definition) is 3. The van der Waals surface area contributed by atoms with Crippen LogP contribution in [-0.4, -0.2) is 20.5 Å². The highest BCUT2D eigenvalue weighted by molar-refractivity contribution is 9.10. The molecule has 2 rings (SSSR count). The Labute approximate surface area is 99.6 Å². The average molecular weight is 286 g/mol. The fourth-order valence-electron chi connectivity index (χ4n) is 1.37. The second-order valence-electron chi connectivity index (χ2n) is 3.35. The Hall–Kier alpha value is -1.27. The van der Waals surface area contributed by atoms with E-state index in [1.165, 1.54) is 12.3 Å². The third-order valence-corrected chi connectivity index (χ3v) is 2.70. The summed E-state index contributed by atoms with van der Waals surface area (Å²) in [5.74, 6) is -0.350. The molecule has 1 atom stereocenters. The van der Waals surface area contributed by atoms with E-state index in [4.69, 9.17) is 0 Å². The second-order valence-corrected chi connectivity index (χ2v) is 4.27. The Morgan fingerprint density at radius 2 is 2.31 bits per heavy atom. The number of aliphatic hydroxyl groups excluding tert-OH is 1. The summed E-state index contributed by atoms with van der Waals surface area (Å²) in [6.07, 6.45) is 0.738. The maximum absolute atomic E-state index is 13.5. The molecule has 84 valence electrons. The summed E-state index contributed by atoms with van der Waals surface area (Å²) >= 11 is 3.17. The highest BCUT2D eigenvalue weighted by Crippen LogP contribution is 2.20. The molecule has 4 nitrogen and oxygen atoms in total. The van der Waals surface area contributed by atoms with Crippen LogP contribution in [-0.2, 0) is 6.42 Å². The van der Waals surface area contributed by atoms with Gasteiger partial charge in [-0.2, -0.15) is 15.4 Å². The highest BCUT2D eigenvalue weighted by atomic mass is 79.9. The van der Waals surface area contributed by atoms with Gasteiger partial charge >= 0.3 is 0 Å². The van der Waals surface area contributed by atoms with Gasteiger partial charge in [0, 0.05) is 10.9 Å². The molecule has 0 bridgehead atoms. The van der Waals surface area contributed by atoms with Crippen molar-refractivity contribution in [3.05, 3.63) is 45.9 Å². The number of H-pyrrole nitrogens is 1. The van der Waals surface area contributed by atoms with Crippen molar-refractivity contribution in [1.29, 1.82) is 0 Å². The number of nitrogens with zero attached hydrogens (tertiary/aromatic N) is 2. The summed E-state index contributed by atoms with van der Waals surface area (Å²) in [7, 11) is 0. The number of nitrogens with one attached hydrogen (secondary N) is 1. The van der Waals surface area contributed by atoms with Crippen LogP contribution in [0.2, 0.25) is 0 Å². The standard InChI is InChI=1S/C10H9BrFN3O/c11-7-2-1-6(8(12)4-7)3-10(16)9-5-13-15-14-9/h1-2,4-5,10,16H,3H2,(H,13,14,15). The molecule has 0 saturated heterocycles. The number of halogens is 2. The molecule has 0 saturated carbocycles. The summed E-state index contributed by atoms with van der Waals surface area (Å²) in [6.45, 7) is 0. The van der Waals surface area contributed by atoms with Crippen molar-refractivity contribution in [2.24, 2.45) is 0 Å². The number of aromatic amines is 1. The van der Waals surface area contributed by atoms with Crippen LogP contribution < -0.4 is 0 Å². The van der Waals surface area contributed by atoms with Gasteiger partial charge in [-0.25, -0.2) is 4.39 Å². The lowest BCUT2D eigenvalue weighted by molar-refractivity contribution is 0.172. The minimum absolute atomic E-state index is 0.172. The van der Waals surface area contributed by atoms with E-state index in [9.17, 15) is 9.50 Å². The first-order chi connectivity index (χ1) is 7.66. The first kappa shape index (κ1) is 11.2. The molecule has 0 radical (unpaired) electrons. The molecule has 16 heavy (non-hydrogen) atoms. The molecule has 0 spiro atoms. The van der Waals surface area contributed by atoms with Crippen LogP contribution in [0.25, 0.3) is 0 Å². The lowest BCUT2D eigenvalue weighted by atomic mass is 10.1. The zero-order chi connectivity index (χ0) is 11.5. The summed E-state index contributed by atoms with van der Waals surface area (Å²) in [6, 6.07) is 4.72. The van der Waals surface area contributed by atoms with Crippen LogP contribution in [0.3, 0.4) is 0 Å². The molecule has 1 aromatic heterocycles. The Kier molecular flexibility index (Phi) is 3.31. The van der Waals surface area contributed by atoms with Crippen molar-refractivity contribution in [2.75, 3.05) is 0 Å². The predicted molar refractivity (Wildman–Crippen MR) is 59.1 cm³/mol. The fraction of sp³-hybridized carbons (Fsp3) is 0.200. The molecule has 0 aliphatic carbocycles. The van der Waals surface area contributed by atoms with E-state index < -0.39 is 6.10 Å². The monoisotopic (exact) mass is 285 g/mol. The Balaban J connectivity index is 2.15. The first-order valence-corrected chi connectivity index (χ1v) is 5.44. The van der Waals surface area contributed by atoms with Crippen molar-refractivity contribution < 1.29 is 9.50 Å². The van der Waals surface area contributed by atoms with Crippen LogP contribution in [0.1, 0.15) is 17.4 Å². The van der Waals surface area contributed by atoms with Crippen LogP contribution in [0.5, 0.6) is 0 Å². The van der Waals surface area contributed by atoms with E-state index in [0.717, 1.165) is 0 Å². The molecule has 1 unspecified atom stereocenters. The molecule has 6 heteroatoms. The third-order valence-electron chi connectivity index (χ3n) is 2.20. The van der Waals surface area contributed by atoms with Crippen molar-refractivity contribution >= 4 is 15.9 Å². The van der Waals surface area contributed by atoms with Crippen LogP contribution in [0, 0.1) is 5.82 Å². The molecule has 0 amide bonds. The molecule has 0 aliphatic rings. The van der Waals surface area contributed by atoms with Crippen LogP contribution in [0.15, 0.2) is 28.9 Å². The Morgan fingerprint density at radius 1 is 1.50 bits per heavy atom. The summed E-state index contributed by atoms with van der Waals surface area (Å²) in [5.41, 5.74) is 0.848. The molecular formula is C10H9BrFN3O. The Morgan fingerprint density at radius 3 is 2.94 bits per heavy atom. The topological polar surface area (TPSA) is 61.8 Å². The lowest BCUT2D eigenvalue weighted by Crippen LogP contribution is -2.04. The molecule has 0 fully saturated rings. The van der Waals surface area contributed by atoms with Gasteiger partial charge in [0.15, 0.2) is 0 Å². The summed E-state index contributed by atoms with van der Waals surface area (Å²) in [5, 5.41) is 19.5. The van der Waals surface area contributed by atoms with Gasteiger partial charge < -0.3 is 5.11 Å². The Bertz CT molecular complexity index is 475. The molecule has 1 heterocycles. The van der Waals surface area contributed by atoms with E-state index in [2.05, 4.69) is 31.3 Å². The van der Waals surface area contributed by atoms with Crippen LogP contribution >= 0.6 is 15.9 Å². The third kappa shape index (κ3) is 2.45. The minimum Gasteiger partial charge on any atom is -0.386 e. The number of benzene rings is 1. The van der Waals surface area contributed by atoms with E-state index in [1.54, 1.807) is 12.1 Å². The number of hydrogen-bond donors (Lipinski definition) is 2. The number of aliphatic hydroxyl groups is 1. The van der Waals surface area contributed by atoms with Crippen molar-refractivity contribution in [1.82, 2.24) is 15.4 Å². The van der Waals surface area contributed by atoms with Crippen LogP contribution in [0.4, 0.5) is 4.39 Å². The van der Waals surface area contributed by atoms with Gasteiger partial charge in [-0.05, 0) is 17.7 Å². The van der Waals surface area contributed by atoms with Gasteiger partial charge in [0.25, 0.3) is 0 Å². The summed E-state index contributed by atoms with van der Waals surface area (Å²) in [4.78, 5) is 0. The maximum atomic E-state index is 13.5. The van der Waals surface area contributed by atoms with E-state index in [-0.39, 0.29) is 12.2 Å². The molecule has 2 N–H and O–H groups in total. The molecule has 0 aliphatic heterocycles. The van der Waals surface area contributed by atoms with Gasteiger partial charge in [-0.1, -0.05) is 22.0 Å². The van der Waals surface area contributed by atoms with E-state index in [0.29, 0.717) is 15.7 Å². The van der Waals surface area contributed by atoms with E-state index >= 15 is 0 Å². The van der Waals surface area contributed by atoms with Gasteiger partial charge in [0.05, 0.1) is 6.20 Å². The largest absolute Gasteiger partial charge is 0.386 e. The molecule has 2 aromatic rings. The smallest absolute Gasteiger partial charge is 0.127 e. The van der Waals surface area contributed by atoms with E-state index in [1.807, 2.05) is 0 Å². The zero-order valence-electron chi connectivity index (χ0n) is 8.19. The van der Waals surface area contributed by atoms with Gasteiger partial charge in [0.2, 0.25) is 0 Å². The molecular weight excluding hydrogens is 277 g/mol. The number of aromatic nitrogens is 3. The van der Waals surface area contributed by atoms with Crippen molar-refractivity contribution in [3.63, 3.8) is 0 Å². The highest BCUT2D eigenvalue weighted by Gasteiger charge is 2.13.